The lowest BCUT2D eigenvalue weighted by molar-refractivity contribution is 0.513. The van der Waals surface area contributed by atoms with Crippen LogP contribution in [-0.4, -0.2) is 7.05 Å². The predicted octanol–water partition coefficient (Wildman–Crippen LogP) is 4.37. The Morgan fingerprint density at radius 2 is 1.75 bits per heavy atom. The molecule has 0 aromatic heterocycles. The van der Waals surface area contributed by atoms with Gasteiger partial charge >= 0.3 is 0 Å². The third-order valence-corrected chi connectivity index (χ3v) is 3.56. The molecule has 1 unspecified atom stereocenters. The SMILES string of the molecule is CNC(Cc1c(F)cccc1F)c1cc(F)cc(Br)c1. The van der Waals surface area contributed by atoms with Gasteiger partial charge in [0.05, 0.1) is 0 Å². The molecule has 0 bridgehead atoms. The summed E-state index contributed by atoms with van der Waals surface area (Å²) in [7, 11) is 1.67. The van der Waals surface area contributed by atoms with E-state index in [-0.39, 0.29) is 18.0 Å². The maximum Gasteiger partial charge on any atom is 0.129 e. The van der Waals surface area contributed by atoms with Crippen molar-refractivity contribution in [2.45, 2.75) is 12.5 Å². The van der Waals surface area contributed by atoms with E-state index in [0.717, 1.165) is 0 Å². The van der Waals surface area contributed by atoms with Crippen molar-refractivity contribution in [3.63, 3.8) is 0 Å². The van der Waals surface area contributed by atoms with Crippen molar-refractivity contribution in [2.75, 3.05) is 7.05 Å². The van der Waals surface area contributed by atoms with Crippen LogP contribution in [0.4, 0.5) is 13.2 Å². The molecule has 1 nitrogen and oxygen atoms in total. The number of likely N-dealkylation sites (N-methyl/N-ethyl adjacent to an activating group) is 1. The average Bonchev–Trinajstić information content (AvgIpc) is 2.37. The van der Waals surface area contributed by atoms with Gasteiger partial charge in [0.25, 0.3) is 0 Å². The fraction of sp³-hybridized carbons (Fsp3) is 0.200. The third-order valence-electron chi connectivity index (χ3n) is 3.11. The molecule has 0 amide bonds. The molecular weight excluding hydrogens is 331 g/mol. The van der Waals surface area contributed by atoms with Gasteiger partial charge in [-0.05, 0) is 49.4 Å². The van der Waals surface area contributed by atoms with Crippen LogP contribution in [0.15, 0.2) is 40.9 Å². The standard InChI is InChI=1S/C15H13BrF3N/c1-20-15(9-5-10(16)7-11(17)6-9)8-12-13(18)3-2-4-14(12)19/h2-7,15,20H,8H2,1H3. The topological polar surface area (TPSA) is 12.0 Å². The number of rotatable bonds is 4. The fourth-order valence-corrected chi connectivity index (χ4v) is 2.58. The Kier molecular flexibility index (Phi) is 4.83. The first-order valence-electron chi connectivity index (χ1n) is 6.07. The van der Waals surface area contributed by atoms with Crippen molar-refractivity contribution in [1.82, 2.24) is 5.32 Å². The molecular formula is C15H13BrF3N. The molecule has 0 fully saturated rings. The smallest absolute Gasteiger partial charge is 0.129 e. The molecule has 1 N–H and O–H groups in total. The molecule has 0 spiro atoms. The second-order valence-corrected chi connectivity index (χ2v) is 5.36. The molecule has 2 aromatic carbocycles. The predicted molar refractivity (Wildman–Crippen MR) is 76.0 cm³/mol. The summed E-state index contributed by atoms with van der Waals surface area (Å²) in [5, 5.41) is 2.95. The van der Waals surface area contributed by atoms with Crippen molar-refractivity contribution >= 4 is 15.9 Å². The van der Waals surface area contributed by atoms with E-state index in [1.807, 2.05) is 0 Å². The Balaban J connectivity index is 2.33. The molecule has 1 atom stereocenters. The molecule has 0 radical (unpaired) electrons. The van der Waals surface area contributed by atoms with Gasteiger partial charge in [0.15, 0.2) is 0 Å². The van der Waals surface area contributed by atoms with Gasteiger partial charge in [0.2, 0.25) is 0 Å². The Hall–Kier alpha value is -1.33. The van der Waals surface area contributed by atoms with Gasteiger partial charge in [-0.25, -0.2) is 13.2 Å². The van der Waals surface area contributed by atoms with Gasteiger partial charge in [-0.1, -0.05) is 22.0 Å². The average molecular weight is 344 g/mol. The monoisotopic (exact) mass is 343 g/mol. The second kappa shape index (κ2) is 6.41. The van der Waals surface area contributed by atoms with E-state index in [0.29, 0.717) is 10.0 Å². The lowest BCUT2D eigenvalue weighted by Gasteiger charge is -2.18. The molecule has 0 heterocycles. The largest absolute Gasteiger partial charge is 0.313 e. The summed E-state index contributed by atoms with van der Waals surface area (Å²) in [6.45, 7) is 0. The highest BCUT2D eigenvalue weighted by Crippen LogP contribution is 2.25. The van der Waals surface area contributed by atoms with Crippen LogP contribution in [0.2, 0.25) is 0 Å². The van der Waals surface area contributed by atoms with Crippen molar-refractivity contribution in [3.05, 3.63) is 69.4 Å². The molecule has 2 rings (SSSR count). The van der Waals surface area contributed by atoms with E-state index in [2.05, 4.69) is 21.2 Å². The van der Waals surface area contributed by atoms with Gasteiger partial charge in [0, 0.05) is 16.1 Å². The molecule has 20 heavy (non-hydrogen) atoms. The second-order valence-electron chi connectivity index (χ2n) is 4.45. The minimum Gasteiger partial charge on any atom is -0.313 e. The zero-order valence-corrected chi connectivity index (χ0v) is 12.3. The highest BCUT2D eigenvalue weighted by molar-refractivity contribution is 9.10. The fourth-order valence-electron chi connectivity index (χ4n) is 2.09. The number of halogens is 4. The first kappa shape index (κ1) is 15.1. The Bertz CT molecular complexity index is 576. The van der Waals surface area contributed by atoms with Crippen LogP contribution >= 0.6 is 15.9 Å². The van der Waals surface area contributed by atoms with Crippen molar-refractivity contribution in [1.29, 1.82) is 0 Å². The third kappa shape index (κ3) is 3.41. The summed E-state index contributed by atoms with van der Waals surface area (Å²) in [6, 6.07) is 7.78. The van der Waals surface area contributed by atoms with E-state index < -0.39 is 17.5 Å². The van der Waals surface area contributed by atoms with Crippen LogP contribution in [0.5, 0.6) is 0 Å². The van der Waals surface area contributed by atoms with Gasteiger partial charge in [-0.3, -0.25) is 0 Å². The summed E-state index contributed by atoms with van der Waals surface area (Å²) in [5.41, 5.74) is 0.620. The van der Waals surface area contributed by atoms with Crippen molar-refractivity contribution < 1.29 is 13.2 Å². The van der Waals surface area contributed by atoms with Crippen LogP contribution in [0.3, 0.4) is 0 Å². The number of benzene rings is 2. The van der Waals surface area contributed by atoms with E-state index in [1.165, 1.54) is 30.3 Å². The number of nitrogens with one attached hydrogen (secondary N) is 1. The zero-order chi connectivity index (χ0) is 14.7. The van der Waals surface area contributed by atoms with Crippen LogP contribution in [0.25, 0.3) is 0 Å². The van der Waals surface area contributed by atoms with Crippen LogP contribution in [-0.2, 0) is 6.42 Å². The lowest BCUT2D eigenvalue weighted by atomic mass is 9.98. The summed E-state index contributed by atoms with van der Waals surface area (Å²) < 4.78 is 41.3. The minimum atomic E-state index is -0.597. The van der Waals surface area contributed by atoms with Crippen molar-refractivity contribution in [2.24, 2.45) is 0 Å². The van der Waals surface area contributed by atoms with Crippen molar-refractivity contribution in [3.8, 4) is 0 Å². The number of hydrogen-bond donors (Lipinski definition) is 1. The quantitative estimate of drug-likeness (QED) is 0.869. The molecule has 0 saturated heterocycles. The van der Waals surface area contributed by atoms with Gasteiger partial charge in [0.1, 0.15) is 17.5 Å². The summed E-state index contributed by atoms with van der Waals surface area (Å²) >= 11 is 3.21. The first-order valence-corrected chi connectivity index (χ1v) is 6.86. The minimum absolute atomic E-state index is 0.00719. The van der Waals surface area contributed by atoms with E-state index in [9.17, 15) is 13.2 Å². The molecule has 106 valence electrons. The molecule has 5 heteroatoms. The van der Waals surface area contributed by atoms with E-state index >= 15 is 0 Å². The van der Waals surface area contributed by atoms with Crippen LogP contribution in [0.1, 0.15) is 17.2 Å². The highest BCUT2D eigenvalue weighted by Gasteiger charge is 2.17. The number of hydrogen-bond acceptors (Lipinski definition) is 1. The normalized spacial score (nSPS) is 12.4. The maximum atomic E-state index is 13.7. The zero-order valence-electron chi connectivity index (χ0n) is 10.8. The van der Waals surface area contributed by atoms with Crippen LogP contribution < -0.4 is 5.32 Å². The van der Waals surface area contributed by atoms with E-state index in [1.54, 1.807) is 13.1 Å². The molecule has 0 aliphatic heterocycles. The van der Waals surface area contributed by atoms with Gasteiger partial charge < -0.3 is 5.32 Å². The Morgan fingerprint density at radius 3 is 2.30 bits per heavy atom. The molecule has 0 aliphatic carbocycles. The summed E-state index contributed by atoms with van der Waals surface area (Å²) in [4.78, 5) is 0. The Morgan fingerprint density at radius 1 is 1.10 bits per heavy atom. The van der Waals surface area contributed by atoms with Gasteiger partial charge in [-0.15, -0.1) is 0 Å². The summed E-state index contributed by atoms with van der Waals surface area (Å²) in [6.07, 6.45) is 0.102. The summed E-state index contributed by atoms with van der Waals surface area (Å²) in [5.74, 6) is -1.59. The van der Waals surface area contributed by atoms with Gasteiger partial charge in [-0.2, -0.15) is 0 Å². The lowest BCUT2D eigenvalue weighted by Crippen LogP contribution is -2.20. The molecule has 2 aromatic rings. The van der Waals surface area contributed by atoms with E-state index in [4.69, 9.17) is 0 Å². The first-order chi connectivity index (χ1) is 9.51. The maximum absolute atomic E-state index is 13.7. The highest BCUT2D eigenvalue weighted by atomic mass is 79.9. The Labute approximate surface area is 123 Å². The molecule has 0 aliphatic rings. The molecule has 0 saturated carbocycles. The van der Waals surface area contributed by atoms with Crippen LogP contribution in [0, 0.1) is 17.5 Å².